The summed E-state index contributed by atoms with van der Waals surface area (Å²) in [5, 5.41) is 9.33. The lowest BCUT2D eigenvalue weighted by atomic mass is 10.1. The van der Waals surface area contributed by atoms with E-state index in [1.54, 1.807) is 13.2 Å². The van der Waals surface area contributed by atoms with Crippen molar-refractivity contribution >= 4 is 11.6 Å². The van der Waals surface area contributed by atoms with Crippen LogP contribution in [-0.2, 0) is 6.42 Å². The van der Waals surface area contributed by atoms with Gasteiger partial charge in [-0.15, -0.1) is 0 Å². The third-order valence-electron chi connectivity index (χ3n) is 1.79. The van der Waals surface area contributed by atoms with Gasteiger partial charge in [0.15, 0.2) is 0 Å². The van der Waals surface area contributed by atoms with E-state index in [4.69, 9.17) is 21.4 Å². The first kappa shape index (κ1) is 10.4. The molecule has 1 aromatic carbocycles. The summed E-state index contributed by atoms with van der Waals surface area (Å²) >= 11 is 5.87. The Bertz CT molecular complexity index is 274. The summed E-state index contributed by atoms with van der Waals surface area (Å²) in [6, 6.07) is 5.59. The number of rotatable bonds is 4. The minimum absolute atomic E-state index is 0.203. The van der Waals surface area contributed by atoms with Crippen LogP contribution < -0.4 is 4.74 Å². The topological polar surface area (TPSA) is 29.5 Å². The van der Waals surface area contributed by atoms with E-state index in [9.17, 15) is 0 Å². The van der Waals surface area contributed by atoms with Crippen LogP contribution in [0.2, 0.25) is 5.02 Å². The van der Waals surface area contributed by atoms with E-state index >= 15 is 0 Å². The van der Waals surface area contributed by atoms with Crippen LogP contribution in [-0.4, -0.2) is 18.8 Å². The molecule has 0 aliphatic heterocycles. The molecule has 0 amide bonds. The minimum Gasteiger partial charge on any atom is -0.497 e. The Balaban J connectivity index is 2.76. The molecule has 0 spiro atoms. The quantitative estimate of drug-likeness (QED) is 0.808. The lowest BCUT2D eigenvalue weighted by Gasteiger charge is -2.04. The Morgan fingerprint density at radius 3 is 2.77 bits per heavy atom. The predicted molar refractivity (Wildman–Crippen MR) is 53.4 cm³/mol. The van der Waals surface area contributed by atoms with E-state index in [-0.39, 0.29) is 6.61 Å². The molecule has 0 fully saturated rings. The SMILES string of the molecule is COc1cc(Cl)cc(CCCO)c1. The van der Waals surface area contributed by atoms with Gasteiger partial charge < -0.3 is 9.84 Å². The van der Waals surface area contributed by atoms with Gasteiger partial charge in [-0.1, -0.05) is 11.6 Å². The molecule has 1 aromatic rings. The van der Waals surface area contributed by atoms with E-state index in [1.165, 1.54) is 0 Å². The maximum Gasteiger partial charge on any atom is 0.120 e. The molecular weight excluding hydrogens is 188 g/mol. The zero-order valence-corrected chi connectivity index (χ0v) is 8.34. The largest absolute Gasteiger partial charge is 0.497 e. The number of hydrogen-bond donors (Lipinski definition) is 1. The number of ether oxygens (including phenoxy) is 1. The van der Waals surface area contributed by atoms with Crippen molar-refractivity contribution in [1.82, 2.24) is 0 Å². The van der Waals surface area contributed by atoms with Crippen LogP contribution in [0.5, 0.6) is 5.75 Å². The Hall–Kier alpha value is -0.730. The number of halogens is 1. The van der Waals surface area contributed by atoms with Gasteiger partial charge in [0, 0.05) is 11.6 Å². The zero-order chi connectivity index (χ0) is 9.68. The first-order chi connectivity index (χ1) is 6.26. The Kier molecular flexibility index (Phi) is 4.06. The summed E-state index contributed by atoms with van der Waals surface area (Å²) in [5.74, 6) is 0.764. The van der Waals surface area contributed by atoms with E-state index < -0.39 is 0 Å². The van der Waals surface area contributed by atoms with E-state index in [0.717, 1.165) is 24.2 Å². The Morgan fingerprint density at radius 1 is 1.38 bits per heavy atom. The van der Waals surface area contributed by atoms with E-state index in [1.807, 2.05) is 12.1 Å². The third kappa shape index (κ3) is 3.25. The highest BCUT2D eigenvalue weighted by atomic mass is 35.5. The molecule has 0 saturated heterocycles. The molecule has 72 valence electrons. The van der Waals surface area contributed by atoms with Gasteiger partial charge in [-0.2, -0.15) is 0 Å². The first-order valence-corrected chi connectivity index (χ1v) is 4.58. The molecular formula is C10H13ClO2. The summed E-state index contributed by atoms with van der Waals surface area (Å²) in [6.45, 7) is 0.203. The molecule has 0 unspecified atom stereocenters. The van der Waals surface area contributed by atoms with Crippen LogP contribution in [0, 0.1) is 0 Å². The summed E-state index contributed by atoms with van der Waals surface area (Å²) in [7, 11) is 1.61. The fourth-order valence-corrected chi connectivity index (χ4v) is 1.41. The highest BCUT2D eigenvalue weighted by molar-refractivity contribution is 6.30. The van der Waals surface area contributed by atoms with Crippen molar-refractivity contribution in [2.75, 3.05) is 13.7 Å². The van der Waals surface area contributed by atoms with Crippen LogP contribution in [0.1, 0.15) is 12.0 Å². The number of aliphatic hydroxyl groups excluding tert-OH is 1. The van der Waals surface area contributed by atoms with Crippen molar-refractivity contribution in [2.24, 2.45) is 0 Å². The molecule has 3 heteroatoms. The zero-order valence-electron chi connectivity index (χ0n) is 7.59. The van der Waals surface area contributed by atoms with Crippen molar-refractivity contribution in [1.29, 1.82) is 0 Å². The molecule has 0 heterocycles. The average Bonchev–Trinajstić information content (AvgIpc) is 2.14. The maximum atomic E-state index is 8.66. The van der Waals surface area contributed by atoms with Crippen molar-refractivity contribution in [3.05, 3.63) is 28.8 Å². The number of methoxy groups -OCH3 is 1. The van der Waals surface area contributed by atoms with Gasteiger partial charge >= 0.3 is 0 Å². The number of hydrogen-bond acceptors (Lipinski definition) is 2. The highest BCUT2D eigenvalue weighted by Gasteiger charge is 1.99. The first-order valence-electron chi connectivity index (χ1n) is 4.20. The van der Waals surface area contributed by atoms with Gasteiger partial charge in [0.2, 0.25) is 0 Å². The van der Waals surface area contributed by atoms with Gasteiger partial charge in [0.05, 0.1) is 7.11 Å². The molecule has 0 aromatic heterocycles. The van der Waals surface area contributed by atoms with Crippen molar-refractivity contribution in [2.45, 2.75) is 12.8 Å². The van der Waals surface area contributed by atoms with Crippen LogP contribution in [0.4, 0.5) is 0 Å². The second kappa shape index (κ2) is 5.10. The molecule has 2 nitrogen and oxygen atoms in total. The van der Waals surface area contributed by atoms with Crippen LogP contribution in [0.3, 0.4) is 0 Å². The molecule has 0 radical (unpaired) electrons. The van der Waals surface area contributed by atoms with Crippen molar-refractivity contribution in [3.63, 3.8) is 0 Å². The van der Waals surface area contributed by atoms with E-state index in [0.29, 0.717) is 5.02 Å². The lowest BCUT2D eigenvalue weighted by molar-refractivity contribution is 0.288. The Morgan fingerprint density at radius 2 is 2.15 bits per heavy atom. The number of aryl methyl sites for hydroxylation is 1. The monoisotopic (exact) mass is 200 g/mol. The second-order valence-electron chi connectivity index (χ2n) is 2.83. The number of benzene rings is 1. The van der Waals surface area contributed by atoms with E-state index in [2.05, 4.69) is 0 Å². The minimum atomic E-state index is 0.203. The van der Waals surface area contributed by atoms with Gasteiger partial charge in [0.25, 0.3) is 0 Å². The second-order valence-corrected chi connectivity index (χ2v) is 3.26. The predicted octanol–water partition coefficient (Wildman–Crippen LogP) is 2.27. The average molecular weight is 201 g/mol. The van der Waals surface area contributed by atoms with Crippen LogP contribution in [0.25, 0.3) is 0 Å². The summed E-state index contributed by atoms with van der Waals surface area (Å²) < 4.78 is 5.07. The Labute approximate surface area is 83.1 Å². The molecule has 13 heavy (non-hydrogen) atoms. The van der Waals surface area contributed by atoms with Crippen molar-refractivity contribution < 1.29 is 9.84 Å². The lowest BCUT2D eigenvalue weighted by Crippen LogP contribution is -1.91. The molecule has 0 aliphatic carbocycles. The van der Waals surface area contributed by atoms with Gasteiger partial charge in [-0.05, 0) is 36.6 Å². The maximum absolute atomic E-state index is 8.66. The molecule has 1 rings (SSSR count). The van der Waals surface area contributed by atoms with Gasteiger partial charge in [0.1, 0.15) is 5.75 Å². The summed E-state index contributed by atoms with van der Waals surface area (Å²) in [5.41, 5.74) is 1.10. The fourth-order valence-electron chi connectivity index (χ4n) is 1.17. The summed E-state index contributed by atoms with van der Waals surface area (Å²) in [4.78, 5) is 0. The van der Waals surface area contributed by atoms with Crippen LogP contribution >= 0.6 is 11.6 Å². The summed E-state index contributed by atoms with van der Waals surface area (Å²) in [6.07, 6.45) is 1.58. The highest BCUT2D eigenvalue weighted by Crippen LogP contribution is 2.21. The molecule has 0 bridgehead atoms. The fraction of sp³-hybridized carbons (Fsp3) is 0.400. The van der Waals surface area contributed by atoms with Gasteiger partial charge in [-0.25, -0.2) is 0 Å². The van der Waals surface area contributed by atoms with Crippen LogP contribution in [0.15, 0.2) is 18.2 Å². The van der Waals surface area contributed by atoms with Crippen molar-refractivity contribution in [3.8, 4) is 5.75 Å². The molecule has 0 atom stereocenters. The molecule has 1 N–H and O–H groups in total. The normalized spacial score (nSPS) is 10.1. The van der Waals surface area contributed by atoms with Gasteiger partial charge in [-0.3, -0.25) is 0 Å². The standard InChI is InChI=1S/C10H13ClO2/c1-13-10-6-8(3-2-4-12)5-9(11)7-10/h5-7,12H,2-4H2,1H3. The smallest absolute Gasteiger partial charge is 0.120 e. The number of aliphatic hydroxyl groups is 1. The molecule has 0 saturated carbocycles. The third-order valence-corrected chi connectivity index (χ3v) is 2.01. The molecule has 0 aliphatic rings.